The molecule has 16 heavy (non-hydrogen) atoms. The fraction of sp³-hybridized carbons (Fsp3) is 0.462. The number of rotatable bonds is 6. The molecule has 0 aromatic carbocycles. The van der Waals surface area contributed by atoms with Crippen molar-refractivity contribution in [2.75, 3.05) is 13.1 Å². The molecule has 0 bridgehead atoms. The number of halogens is 1. The van der Waals surface area contributed by atoms with E-state index in [2.05, 4.69) is 30.7 Å². The molecule has 1 atom stereocenters. The first kappa shape index (κ1) is 13.2. The maximum Gasteiger partial charge on any atom is 0.0621 e. The summed E-state index contributed by atoms with van der Waals surface area (Å²) in [6, 6.07) is 1.97. The standard InChI is InChI=1S/C13H19ClN2/c1-4-13(3,10-15-5-2)8-11-6-7-16-9-12(11)14/h4,6-7,9,15H,1,5,8,10H2,2-3H3. The molecule has 0 aliphatic carbocycles. The van der Waals surface area contributed by atoms with E-state index in [0.29, 0.717) is 0 Å². The quantitative estimate of drug-likeness (QED) is 0.771. The second-order valence-electron chi connectivity index (χ2n) is 4.28. The maximum absolute atomic E-state index is 6.10. The van der Waals surface area contributed by atoms with Gasteiger partial charge in [-0.3, -0.25) is 4.98 Å². The van der Waals surface area contributed by atoms with Gasteiger partial charge in [0.15, 0.2) is 0 Å². The van der Waals surface area contributed by atoms with E-state index in [4.69, 9.17) is 11.6 Å². The van der Waals surface area contributed by atoms with Crippen LogP contribution >= 0.6 is 11.6 Å². The van der Waals surface area contributed by atoms with Gasteiger partial charge >= 0.3 is 0 Å². The van der Waals surface area contributed by atoms with Crippen LogP contribution in [0.5, 0.6) is 0 Å². The number of nitrogens with one attached hydrogen (secondary N) is 1. The molecule has 1 aromatic heterocycles. The molecule has 1 heterocycles. The summed E-state index contributed by atoms with van der Waals surface area (Å²) in [5.74, 6) is 0. The minimum absolute atomic E-state index is 0.0288. The molecule has 0 fully saturated rings. The normalized spacial score (nSPS) is 14.4. The van der Waals surface area contributed by atoms with Crippen molar-refractivity contribution in [2.45, 2.75) is 20.3 Å². The van der Waals surface area contributed by atoms with Gasteiger partial charge in [0.2, 0.25) is 0 Å². The van der Waals surface area contributed by atoms with Gasteiger partial charge < -0.3 is 5.32 Å². The molecule has 0 amide bonds. The molecular formula is C13H19ClN2. The lowest BCUT2D eigenvalue weighted by molar-refractivity contribution is 0.396. The van der Waals surface area contributed by atoms with Crippen molar-refractivity contribution < 1.29 is 0 Å². The lowest BCUT2D eigenvalue weighted by Gasteiger charge is -2.26. The molecule has 1 rings (SSSR count). The fourth-order valence-corrected chi connectivity index (χ4v) is 1.79. The second-order valence-corrected chi connectivity index (χ2v) is 4.69. The van der Waals surface area contributed by atoms with Gasteiger partial charge in [0.05, 0.1) is 5.02 Å². The monoisotopic (exact) mass is 238 g/mol. The summed E-state index contributed by atoms with van der Waals surface area (Å²) >= 11 is 6.10. The van der Waals surface area contributed by atoms with E-state index in [1.165, 1.54) is 0 Å². The molecular weight excluding hydrogens is 220 g/mol. The Morgan fingerprint density at radius 3 is 2.94 bits per heavy atom. The van der Waals surface area contributed by atoms with Crippen LogP contribution in [0.2, 0.25) is 5.02 Å². The van der Waals surface area contributed by atoms with Crippen molar-refractivity contribution in [3.63, 3.8) is 0 Å². The molecule has 0 aliphatic rings. The molecule has 3 heteroatoms. The van der Waals surface area contributed by atoms with Crippen LogP contribution in [0.4, 0.5) is 0 Å². The summed E-state index contributed by atoms with van der Waals surface area (Å²) in [6.45, 7) is 10.1. The van der Waals surface area contributed by atoms with Crippen molar-refractivity contribution in [1.82, 2.24) is 10.3 Å². The van der Waals surface area contributed by atoms with Gasteiger partial charge in [0.1, 0.15) is 0 Å². The van der Waals surface area contributed by atoms with Gasteiger partial charge in [0, 0.05) is 24.4 Å². The SMILES string of the molecule is C=CC(C)(CNCC)Cc1ccncc1Cl. The first-order valence-corrected chi connectivity index (χ1v) is 5.92. The molecule has 1 N–H and O–H groups in total. The molecule has 1 unspecified atom stereocenters. The smallest absolute Gasteiger partial charge is 0.0621 e. The molecule has 0 saturated heterocycles. The number of pyridine rings is 1. The maximum atomic E-state index is 6.10. The third kappa shape index (κ3) is 3.62. The number of hydrogen-bond donors (Lipinski definition) is 1. The van der Waals surface area contributed by atoms with Crippen molar-refractivity contribution in [3.05, 3.63) is 41.7 Å². The average molecular weight is 239 g/mol. The number of aromatic nitrogens is 1. The highest BCUT2D eigenvalue weighted by molar-refractivity contribution is 6.31. The Kier molecular flexibility index (Phi) is 4.97. The van der Waals surface area contributed by atoms with Crippen LogP contribution in [0.25, 0.3) is 0 Å². The number of hydrogen-bond acceptors (Lipinski definition) is 2. The first-order valence-electron chi connectivity index (χ1n) is 5.54. The van der Waals surface area contributed by atoms with Gasteiger partial charge in [-0.15, -0.1) is 6.58 Å². The van der Waals surface area contributed by atoms with Crippen LogP contribution in [0, 0.1) is 5.41 Å². The van der Waals surface area contributed by atoms with Gasteiger partial charge in [-0.2, -0.15) is 0 Å². The highest BCUT2D eigenvalue weighted by atomic mass is 35.5. The highest BCUT2D eigenvalue weighted by Crippen LogP contribution is 2.26. The zero-order valence-electron chi connectivity index (χ0n) is 9.96. The summed E-state index contributed by atoms with van der Waals surface area (Å²) in [4.78, 5) is 3.99. The van der Waals surface area contributed by atoms with Gasteiger partial charge in [-0.05, 0) is 24.6 Å². The summed E-state index contributed by atoms with van der Waals surface area (Å²) in [6.07, 6.45) is 6.34. The lowest BCUT2D eigenvalue weighted by Crippen LogP contribution is -2.32. The molecule has 1 aromatic rings. The molecule has 0 radical (unpaired) electrons. The van der Waals surface area contributed by atoms with Crippen LogP contribution in [-0.2, 0) is 6.42 Å². The summed E-state index contributed by atoms with van der Waals surface area (Å²) in [5, 5.41) is 4.08. The first-order chi connectivity index (χ1) is 7.61. The highest BCUT2D eigenvalue weighted by Gasteiger charge is 2.21. The third-order valence-corrected chi connectivity index (χ3v) is 3.06. The van der Waals surface area contributed by atoms with E-state index in [1.807, 2.05) is 12.1 Å². The van der Waals surface area contributed by atoms with Crippen molar-refractivity contribution in [2.24, 2.45) is 5.41 Å². The average Bonchev–Trinajstić information content (AvgIpc) is 2.30. The van der Waals surface area contributed by atoms with E-state index in [1.54, 1.807) is 12.4 Å². The number of nitrogens with zero attached hydrogens (tertiary/aromatic N) is 1. The summed E-state index contributed by atoms with van der Waals surface area (Å²) < 4.78 is 0. The predicted molar refractivity (Wildman–Crippen MR) is 69.8 cm³/mol. The summed E-state index contributed by atoms with van der Waals surface area (Å²) in [7, 11) is 0. The zero-order chi connectivity index (χ0) is 12.0. The Morgan fingerprint density at radius 2 is 2.38 bits per heavy atom. The van der Waals surface area contributed by atoms with E-state index >= 15 is 0 Å². The largest absolute Gasteiger partial charge is 0.316 e. The van der Waals surface area contributed by atoms with E-state index in [0.717, 1.165) is 30.1 Å². The minimum atomic E-state index is 0.0288. The molecule has 2 nitrogen and oxygen atoms in total. The zero-order valence-corrected chi connectivity index (χ0v) is 10.7. The Bertz CT molecular complexity index is 352. The third-order valence-electron chi connectivity index (χ3n) is 2.72. The van der Waals surface area contributed by atoms with Crippen LogP contribution < -0.4 is 5.32 Å². The molecule has 0 saturated carbocycles. The van der Waals surface area contributed by atoms with Crippen molar-refractivity contribution in [3.8, 4) is 0 Å². The van der Waals surface area contributed by atoms with Crippen LogP contribution in [-0.4, -0.2) is 18.1 Å². The van der Waals surface area contributed by atoms with Crippen LogP contribution in [0.3, 0.4) is 0 Å². The molecule has 0 spiro atoms. The topological polar surface area (TPSA) is 24.9 Å². The summed E-state index contributed by atoms with van der Waals surface area (Å²) in [5.41, 5.74) is 1.15. The van der Waals surface area contributed by atoms with E-state index < -0.39 is 0 Å². The van der Waals surface area contributed by atoms with Gasteiger partial charge in [-0.1, -0.05) is 31.5 Å². The van der Waals surface area contributed by atoms with Gasteiger partial charge in [0.25, 0.3) is 0 Å². The predicted octanol–water partition coefficient (Wildman–Crippen LogP) is 3.08. The van der Waals surface area contributed by atoms with E-state index in [9.17, 15) is 0 Å². The fourth-order valence-electron chi connectivity index (χ4n) is 1.60. The molecule has 88 valence electrons. The Labute approximate surface area is 103 Å². The lowest BCUT2D eigenvalue weighted by atomic mass is 9.84. The minimum Gasteiger partial charge on any atom is -0.316 e. The Balaban J connectivity index is 2.76. The Morgan fingerprint density at radius 1 is 1.62 bits per heavy atom. The van der Waals surface area contributed by atoms with Crippen molar-refractivity contribution in [1.29, 1.82) is 0 Å². The second kappa shape index (κ2) is 6.02. The Hall–Kier alpha value is -0.860. The van der Waals surface area contributed by atoms with Crippen LogP contribution in [0.1, 0.15) is 19.4 Å². The van der Waals surface area contributed by atoms with Crippen LogP contribution in [0.15, 0.2) is 31.1 Å². The van der Waals surface area contributed by atoms with Gasteiger partial charge in [-0.25, -0.2) is 0 Å². The van der Waals surface area contributed by atoms with Crippen molar-refractivity contribution >= 4 is 11.6 Å². The molecule has 0 aliphatic heterocycles. The van der Waals surface area contributed by atoms with E-state index in [-0.39, 0.29) is 5.41 Å².